The maximum absolute atomic E-state index is 4.82. The molecule has 0 radical (unpaired) electrons. The molecule has 1 aromatic carbocycles. The first-order valence-corrected chi connectivity index (χ1v) is 11.3. The van der Waals surface area contributed by atoms with Crippen LogP contribution in [0.1, 0.15) is 29.4 Å². The normalized spacial score (nSPS) is 17.2. The summed E-state index contributed by atoms with van der Waals surface area (Å²) in [6, 6.07) is 15.2. The molecular weight excluding hydrogens is 394 g/mol. The molecule has 0 saturated carbocycles. The van der Waals surface area contributed by atoms with Crippen molar-refractivity contribution in [2.75, 3.05) is 18.0 Å². The van der Waals surface area contributed by atoms with E-state index in [1.807, 2.05) is 18.5 Å². The maximum Gasteiger partial charge on any atom is 0.192 e. The Bertz CT molecular complexity index is 949. The van der Waals surface area contributed by atoms with Crippen molar-refractivity contribution in [3.8, 4) is 0 Å². The fourth-order valence-electron chi connectivity index (χ4n) is 3.64. The molecule has 3 heterocycles. The lowest BCUT2D eigenvalue weighted by atomic mass is 10.1. The van der Waals surface area contributed by atoms with Gasteiger partial charge in [0.2, 0.25) is 0 Å². The lowest BCUT2D eigenvalue weighted by Crippen LogP contribution is -2.51. The van der Waals surface area contributed by atoms with E-state index in [2.05, 4.69) is 73.6 Å². The van der Waals surface area contributed by atoms with E-state index in [-0.39, 0.29) is 0 Å². The van der Waals surface area contributed by atoms with Gasteiger partial charge in [0.15, 0.2) is 11.8 Å². The largest absolute Gasteiger partial charge is 0.369 e. The number of aryl methyl sites for hydroxylation is 1. The highest BCUT2D eigenvalue weighted by Crippen LogP contribution is 2.19. The topological polar surface area (TPSA) is 70.4 Å². The van der Waals surface area contributed by atoms with Crippen LogP contribution in [-0.2, 0) is 20.1 Å². The number of piperidine rings is 1. The highest BCUT2D eigenvalue weighted by atomic mass is 32.1. The molecule has 0 bridgehead atoms. The van der Waals surface area contributed by atoms with E-state index in [0.29, 0.717) is 12.6 Å². The van der Waals surface area contributed by atoms with Gasteiger partial charge in [0, 0.05) is 36.7 Å². The standard InChI is InChI=1S/C22H29N7S/c1-17-26-27-21(28(17)2)15-24-22(23-14-20-11-7-13-30-20)25-18-8-6-12-29(16-18)19-9-4-3-5-10-19/h3-5,7,9-11,13,18H,6,8,12,14-16H2,1-2H3,(H2,23,24,25). The third kappa shape index (κ3) is 5.18. The summed E-state index contributed by atoms with van der Waals surface area (Å²) < 4.78 is 1.98. The number of nitrogens with one attached hydrogen (secondary N) is 2. The maximum atomic E-state index is 4.82. The smallest absolute Gasteiger partial charge is 0.192 e. The number of guanidine groups is 1. The second-order valence-corrected chi connectivity index (χ2v) is 8.62. The van der Waals surface area contributed by atoms with E-state index in [0.717, 1.165) is 50.1 Å². The molecule has 0 aliphatic carbocycles. The van der Waals surface area contributed by atoms with Crippen molar-refractivity contribution in [2.24, 2.45) is 12.0 Å². The van der Waals surface area contributed by atoms with Crippen LogP contribution >= 0.6 is 11.3 Å². The Morgan fingerprint density at radius 2 is 2.07 bits per heavy atom. The number of rotatable bonds is 6. The average molecular weight is 424 g/mol. The number of anilines is 1. The number of aromatic nitrogens is 3. The minimum absolute atomic E-state index is 0.342. The summed E-state index contributed by atoms with van der Waals surface area (Å²) in [7, 11) is 1.98. The van der Waals surface area contributed by atoms with Gasteiger partial charge in [-0.25, -0.2) is 4.99 Å². The zero-order chi connectivity index (χ0) is 20.8. The average Bonchev–Trinajstić information content (AvgIpc) is 3.41. The summed E-state index contributed by atoms with van der Waals surface area (Å²) in [6.45, 7) is 5.26. The first-order chi connectivity index (χ1) is 14.7. The lowest BCUT2D eigenvalue weighted by molar-refractivity contribution is 0.467. The van der Waals surface area contributed by atoms with Gasteiger partial charge in [-0.1, -0.05) is 24.3 Å². The molecule has 1 aliphatic heterocycles. The van der Waals surface area contributed by atoms with Crippen LogP contribution in [-0.4, -0.2) is 39.9 Å². The first kappa shape index (κ1) is 20.4. The summed E-state index contributed by atoms with van der Waals surface area (Å²) >= 11 is 1.75. The zero-order valence-corrected chi connectivity index (χ0v) is 18.4. The van der Waals surface area contributed by atoms with Gasteiger partial charge in [-0.2, -0.15) is 0 Å². The van der Waals surface area contributed by atoms with Gasteiger partial charge in [0.25, 0.3) is 0 Å². The quantitative estimate of drug-likeness (QED) is 0.471. The van der Waals surface area contributed by atoms with Crippen LogP contribution in [0.3, 0.4) is 0 Å². The molecule has 1 fully saturated rings. The van der Waals surface area contributed by atoms with Gasteiger partial charge in [-0.3, -0.25) is 0 Å². The predicted molar refractivity (Wildman–Crippen MR) is 123 cm³/mol. The van der Waals surface area contributed by atoms with E-state index in [1.54, 1.807) is 11.3 Å². The number of hydrogen-bond acceptors (Lipinski definition) is 5. The Kier molecular flexibility index (Phi) is 6.63. The van der Waals surface area contributed by atoms with Gasteiger partial charge in [-0.15, -0.1) is 21.5 Å². The third-order valence-electron chi connectivity index (χ3n) is 5.46. The van der Waals surface area contributed by atoms with Crippen LogP contribution in [0.25, 0.3) is 0 Å². The van der Waals surface area contributed by atoms with Crippen molar-refractivity contribution in [1.29, 1.82) is 0 Å². The molecule has 2 N–H and O–H groups in total. The molecule has 1 atom stereocenters. The summed E-state index contributed by atoms with van der Waals surface area (Å²) in [4.78, 5) is 8.55. The Hall–Kier alpha value is -2.87. The molecule has 30 heavy (non-hydrogen) atoms. The van der Waals surface area contributed by atoms with E-state index in [4.69, 9.17) is 4.99 Å². The number of nitrogens with zero attached hydrogens (tertiary/aromatic N) is 5. The molecular formula is C22H29N7S. The second-order valence-electron chi connectivity index (χ2n) is 7.59. The van der Waals surface area contributed by atoms with Gasteiger partial charge in [0.1, 0.15) is 12.4 Å². The van der Waals surface area contributed by atoms with Crippen molar-refractivity contribution in [3.05, 3.63) is 64.4 Å². The third-order valence-corrected chi connectivity index (χ3v) is 6.33. The molecule has 7 nitrogen and oxygen atoms in total. The van der Waals surface area contributed by atoms with Gasteiger partial charge in [-0.05, 0) is 43.3 Å². The number of hydrogen-bond donors (Lipinski definition) is 2. The van der Waals surface area contributed by atoms with Crippen LogP contribution < -0.4 is 15.5 Å². The first-order valence-electron chi connectivity index (χ1n) is 10.4. The Labute approximate surface area is 181 Å². The van der Waals surface area contributed by atoms with E-state index in [9.17, 15) is 0 Å². The molecule has 8 heteroatoms. The summed E-state index contributed by atoms with van der Waals surface area (Å²) in [5.74, 6) is 2.58. The SMILES string of the molecule is Cc1nnc(CN=C(NCc2cccs2)NC2CCCN(c3ccccc3)C2)n1C. The molecule has 158 valence electrons. The molecule has 1 unspecified atom stereocenters. The lowest BCUT2D eigenvalue weighted by Gasteiger charge is -2.35. The minimum atomic E-state index is 0.342. The molecule has 2 aromatic heterocycles. The second kappa shape index (κ2) is 9.75. The molecule has 0 amide bonds. The monoisotopic (exact) mass is 423 g/mol. The van der Waals surface area contributed by atoms with E-state index < -0.39 is 0 Å². The van der Waals surface area contributed by atoms with E-state index in [1.165, 1.54) is 10.6 Å². The Morgan fingerprint density at radius 3 is 2.80 bits per heavy atom. The van der Waals surface area contributed by atoms with Crippen molar-refractivity contribution >= 4 is 23.0 Å². The van der Waals surface area contributed by atoms with Crippen molar-refractivity contribution in [1.82, 2.24) is 25.4 Å². The number of aliphatic imine (C=N–C) groups is 1. The summed E-state index contributed by atoms with van der Waals surface area (Å²) in [5.41, 5.74) is 1.28. The molecule has 0 spiro atoms. The van der Waals surface area contributed by atoms with Crippen molar-refractivity contribution in [3.63, 3.8) is 0 Å². The van der Waals surface area contributed by atoms with Gasteiger partial charge in [0.05, 0.1) is 6.54 Å². The number of benzene rings is 1. The van der Waals surface area contributed by atoms with Crippen LogP contribution in [0, 0.1) is 6.92 Å². The molecule has 1 saturated heterocycles. The van der Waals surface area contributed by atoms with Gasteiger partial charge < -0.3 is 20.1 Å². The van der Waals surface area contributed by atoms with E-state index >= 15 is 0 Å². The molecule has 3 aromatic rings. The fourth-order valence-corrected chi connectivity index (χ4v) is 4.28. The summed E-state index contributed by atoms with van der Waals surface area (Å²) in [6.07, 6.45) is 2.29. The summed E-state index contributed by atoms with van der Waals surface area (Å²) in [5, 5.41) is 17.6. The highest BCUT2D eigenvalue weighted by Gasteiger charge is 2.21. The van der Waals surface area contributed by atoms with Crippen molar-refractivity contribution in [2.45, 2.75) is 38.9 Å². The van der Waals surface area contributed by atoms with Crippen LogP contribution in [0.4, 0.5) is 5.69 Å². The Balaban J connectivity index is 1.44. The zero-order valence-electron chi connectivity index (χ0n) is 17.6. The van der Waals surface area contributed by atoms with Gasteiger partial charge >= 0.3 is 0 Å². The Morgan fingerprint density at radius 1 is 1.20 bits per heavy atom. The van der Waals surface area contributed by atoms with Crippen LogP contribution in [0.15, 0.2) is 52.8 Å². The van der Waals surface area contributed by atoms with Crippen LogP contribution in [0.2, 0.25) is 0 Å². The fraction of sp³-hybridized carbons (Fsp3) is 0.409. The minimum Gasteiger partial charge on any atom is -0.369 e. The predicted octanol–water partition coefficient (Wildman–Crippen LogP) is 3.09. The molecule has 4 rings (SSSR count). The van der Waals surface area contributed by atoms with Crippen molar-refractivity contribution < 1.29 is 0 Å². The number of thiophene rings is 1. The highest BCUT2D eigenvalue weighted by molar-refractivity contribution is 7.09. The number of para-hydroxylation sites is 1. The van der Waals surface area contributed by atoms with Crippen LogP contribution in [0.5, 0.6) is 0 Å². The molecule has 1 aliphatic rings.